The van der Waals surface area contributed by atoms with E-state index >= 15 is 0 Å². The van der Waals surface area contributed by atoms with Crippen LogP contribution in [0.5, 0.6) is 0 Å². The fraction of sp³-hybridized carbons (Fsp3) is 0.600. The fourth-order valence-electron chi connectivity index (χ4n) is 3.70. The minimum atomic E-state index is 0.0591. The zero-order valence-corrected chi connectivity index (χ0v) is 15.8. The molecule has 2 saturated heterocycles. The minimum absolute atomic E-state index is 0.0591. The molecule has 3 rings (SSSR count). The Kier molecular flexibility index (Phi) is 6.92. The van der Waals surface area contributed by atoms with Crippen LogP contribution in [0.2, 0.25) is 5.02 Å². The van der Waals surface area contributed by atoms with Gasteiger partial charge >= 0.3 is 0 Å². The van der Waals surface area contributed by atoms with Gasteiger partial charge in [0, 0.05) is 37.7 Å². The van der Waals surface area contributed by atoms with Gasteiger partial charge in [-0.3, -0.25) is 9.59 Å². The van der Waals surface area contributed by atoms with Gasteiger partial charge in [0.2, 0.25) is 11.8 Å². The SMILES string of the molecule is O=C(CCC1CCN(C(=O)[C@H]2CCOC2)CC1)NCc1cccc(Cl)c1. The molecule has 2 aliphatic heterocycles. The number of ether oxygens (including phenoxy) is 1. The molecule has 1 aromatic rings. The van der Waals surface area contributed by atoms with Crippen molar-refractivity contribution in [2.24, 2.45) is 11.8 Å². The van der Waals surface area contributed by atoms with Crippen LogP contribution < -0.4 is 5.32 Å². The number of piperidine rings is 1. The summed E-state index contributed by atoms with van der Waals surface area (Å²) in [5.74, 6) is 0.909. The molecule has 2 fully saturated rings. The Morgan fingerprint density at radius 1 is 1.23 bits per heavy atom. The number of carbonyl (C=O) groups excluding carboxylic acids is 2. The van der Waals surface area contributed by atoms with Crippen molar-refractivity contribution in [2.75, 3.05) is 26.3 Å². The van der Waals surface area contributed by atoms with Gasteiger partial charge in [-0.05, 0) is 49.3 Å². The molecule has 2 aliphatic rings. The molecule has 6 heteroatoms. The Hall–Kier alpha value is -1.59. The molecule has 0 radical (unpaired) electrons. The molecule has 5 nitrogen and oxygen atoms in total. The van der Waals surface area contributed by atoms with E-state index < -0.39 is 0 Å². The maximum absolute atomic E-state index is 12.4. The largest absolute Gasteiger partial charge is 0.381 e. The van der Waals surface area contributed by atoms with E-state index in [1.165, 1.54) is 0 Å². The standard InChI is InChI=1S/C20H27ClN2O3/c21-18-3-1-2-16(12-18)13-22-19(24)5-4-15-6-9-23(10-7-15)20(25)17-8-11-26-14-17/h1-3,12,15,17H,4-11,13-14H2,(H,22,24)/t17-/m0/s1. The quantitative estimate of drug-likeness (QED) is 0.827. The number of amides is 2. The molecule has 26 heavy (non-hydrogen) atoms. The van der Waals surface area contributed by atoms with Crippen molar-refractivity contribution < 1.29 is 14.3 Å². The maximum atomic E-state index is 12.4. The van der Waals surface area contributed by atoms with Crippen molar-refractivity contribution in [3.8, 4) is 0 Å². The molecule has 0 aliphatic carbocycles. The smallest absolute Gasteiger partial charge is 0.228 e. The highest BCUT2D eigenvalue weighted by molar-refractivity contribution is 6.30. The van der Waals surface area contributed by atoms with Crippen molar-refractivity contribution >= 4 is 23.4 Å². The predicted molar refractivity (Wildman–Crippen MR) is 101 cm³/mol. The van der Waals surface area contributed by atoms with Gasteiger partial charge in [-0.1, -0.05) is 23.7 Å². The zero-order valence-electron chi connectivity index (χ0n) is 15.1. The predicted octanol–water partition coefficient (Wildman–Crippen LogP) is 3.01. The molecule has 1 aromatic carbocycles. The fourth-order valence-corrected chi connectivity index (χ4v) is 3.91. The summed E-state index contributed by atoms with van der Waals surface area (Å²) in [4.78, 5) is 26.4. The Morgan fingerprint density at radius 2 is 2.04 bits per heavy atom. The van der Waals surface area contributed by atoms with Gasteiger partial charge in [0.25, 0.3) is 0 Å². The topological polar surface area (TPSA) is 58.6 Å². The average Bonchev–Trinajstić information content (AvgIpc) is 3.19. The van der Waals surface area contributed by atoms with E-state index in [4.69, 9.17) is 16.3 Å². The summed E-state index contributed by atoms with van der Waals surface area (Å²) in [6.45, 7) is 3.41. The summed E-state index contributed by atoms with van der Waals surface area (Å²) in [6.07, 6.45) is 4.25. The van der Waals surface area contributed by atoms with Gasteiger partial charge in [-0.2, -0.15) is 0 Å². The van der Waals surface area contributed by atoms with E-state index in [9.17, 15) is 9.59 Å². The molecule has 0 saturated carbocycles. The number of likely N-dealkylation sites (tertiary alicyclic amines) is 1. The number of carbonyl (C=O) groups is 2. The van der Waals surface area contributed by atoms with Crippen LogP contribution in [-0.2, 0) is 20.9 Å². The highest BCUT2D eigenvalue weighted by Gasteiger charge is 2.30. The molecule has 1 N–H and O–H groups in total. The molecule has 2 heterocycles. The summed E-state index contributed by atoms with van der Waals surface area (Å²) in [5.41, 5.74) is 1.01. The molecule has 0 spiro atoms. The first-order valence-electron chi connectivity index (χ1n) is 9.49. The van der Waals surface area contributed by atoms with E-state index in [1.54, 1.807) is 0 Å². The second kappa shape index (κ2) is 9.38. The van der Waals surface area contributed by atoms with Crippen molar-refractivity contribution in [3.63, 3.8) is 0 Å². The van der Waals surface area contributed by atoms with Gasteiger partial charge in [0.05, 0.1) is 12.5 Å². The van der Waals surface area contributed by atoms with E-state index in [1.807, 2.05) is 29.2 Å². The Balaban J connectivity index is 1.33. The van der Waals surface area contributed by atoms with Gasteiger partial charge in [0.15, 0.2) is 0 Å². The van der Waals surface area contributed by atoms with Crippen LogP contribution in [0.25, 0.3) is 0 Å². The second-order valence-corrected chi connectivity index (χ2v) is 7.71. The Labute approximate surface area is 160 Å². The summed E-state index contributed by atoms with van der Waals surface area (Å²) in [6, 6.07) is 7.53. The number of nitrogens with zero attached hydrogens (tertiary/aromatic N) is 1. The molecule has 2 amide bonds. The first kappa shape index (κ1) is 19.2. The number of hydrogen-bond donors (Lipinski definition) is 1. The number of nitrogens with one attached hydrogen (secondary N) is 1. The lowest BCUT2D eigenvalue weighted by Crippen LogP contribution is -2.42. The van der Waals surface area contributed by atoms with E-state index in [0.29, 0.717) is 37.1 Å². The number of hydrogen-bond acceptors (Lipinski definition) is 3. The Morgan fingerprint density at radius 3 is 2.73 bits per heavy atom. The maximum Gasteiger partial charge on any atom is 0.228 e. The van der Waals surface area contributed by atoms with Crippen molar-refractivity contribution in [1.82, 2.24) is 10.2 Å². The number of halogens is 1. The third-order valence-electron chi connectivity index (χ3n) is 5.36. The monoisotopic (exact) mass is 378 g/mol. The average molecular weight is 379 g/mol. The molecular weight excluding hydrogens is 352 g/mol. The van der Waals surface area contributed by atoms with Crippen LogP contribution in [0.15, 0.2) is 24.3 Å². The van der Waals surface area contributed by atoms with Gasteiger partial charge in [0.1, 0.15) is 0 Å². The normalized spacial score (nSPS) is 21.0. The summed E-state index contributed by atoms with van der Waals surface area (Å²) in [7, 11) is 0. The molecule has 1 atom stereocenters. The molecule has 0 unspecified atom stereocenters. The first-order valence-corrected chi connectivity index (χ1v) is 9.87. The summed E-state index contributed by atoms with van der Waals surface area (Å²) >= 11 is 5.95. The second-order valence-electron chi connectivity index (χ2n) is 7.27. The van der Waals surface area contributed by atoms with E-state index in [0.717, 1.165) is 44.3 Å². The first-order chi connectivity index (χ1) is 12.6. The highest BCUT2D eigenvalue weighted by Crippen LogP contribution is 2.24. The lowest BCUT2D eigenvalue weighted by molar-refractivity contribution is -0.137. The van der Waals surface area contributed by atoms with Gasteiger partial charge < -0.3 is 15.0 Å². The number of rotatable bonds is 6. The molecule has 0 bridgehead atoms. The molecule has 0 aromatic heterocycles. The van der Waals surface area contributed by atoms with Gasteiger partial charge in [-0.25, -0.2) is 0 Å². The van der Waals surface area contributed by atoms with E-state index in [2.05, 4.69) is 5.32 Å². The number of benzene rings is 1. The van der Waals surface area contributed by atoms with Crippen LogP contribution in [-0.4, -0.2) is 43.0 Å². The zero-order chi connectivity index (χ0) is 18.4. The van der Waals surface area contributed by atoms with Crippen LogP contribution in [0.1, 0.15) is 37.7 Å². The third kappa shape index (κ3) is 5.45. The lowest BCUT2D eigenvalue weighted by atomic mass is 9.91. The molecule has 142 valence electrons. The van der Waals surface area contributed by atoms with Crippen LogP contribution in [0.3, 0.4) is 0 Å². The van der Waals surface area contributed by atoms with Crippen LogP contribution in [0, 0.1) is 11.8 Å². The van der Waals surface area contributed by atoms with Crippen LogP contribution >= 0.6 is 11.6 Å². The summed E-state index contributed by atoms with van der Waals surface area (Å²) in [5, 5.41) is 3.64. The van der Waals surface area contributed by atoms with Crippen LogP contribution in [0.4, 0.5) is 0 Å². The van der Waals surface area contributed by atoms with Gasteiger partial charge in [-0.15, -0.1) is 0 Å². The molecular formula is C20H27ClN2O3. The lowest BCUT2D eigenvalue weighted by Gasteiger charge is -2.33. The van der Waals surface area contributed by atoms with Crippen molar-refractivity contribution in [2.45, 2.75) is 38.6 Å². The van der Waals surface area contributed by atoms with Crippen molar-refractivity contribution in [3.05, 3.63) is 34.9 Å². The third-order valence-corrected chi connectivity index (χ3v) is 5.60. The minimum Gasteiger partial charge on any atom is -0.381 e. The van der Waals surface area contributed by atoms with Crippen molar-refractivity contribution in [1.29, 1.82) is 0 Å². The highest BCUT2D eigenvalue weighted by atomic mass is 35.5. The summed E-state index contributed by atoms with van der Waals surface area (Å²) < 4.78 is 5.32. The Bertz CT molecular complexity index is 623. The van der Waals surface area contributed by atoms with E-state index in [-0.39, 0.29) is 17.7 Å².